The molecule has 2 aliphatic carbocycles. The van der Waals surface area contributed by atoms with Crippen molar-refractivity contribution in [2.75, 3.05) is 0 Å². The molecule has 31 heavy (non-hydrogen) atoms. The summed E-state index contributed by atoms with van der Waals surface area (Å²) in [5.74, 6) is 0.381. The van der Waals surface area contributed by atoms with Crippen LogP contribution in [0.2, 0.25) is 0 Å². The number of hydrogen-bond acceptors (Lipinski definition) is 4. The molecule has 0 aromatic heterocycles. The van der Waals surface area contributed by atoms with Gasteiger partial charge in [-0.2, -0.15) is 5.10 Å². The van der Waals surface area contributed by atoms with Crippen LogP contribution in [0.4, 0.5) is 0 Å². The van der Waals surface area contributed by atoms with E-state index in [2.05, 4.69) is 53.9 Å². The molecule has 0 radical (unpaired) electrons. The predicted octanol–water partition coefficient (Wildman–Crippen LogP) is 5.74. The van der Waals surface area contributed by atoms with Crippen LogP contribution in [0.5, 0.6) is 0 Å². The molecule has 1 saturated carbocycles. The molecule has 4 heteroatoms. The van der Waals surface area contributed by atoms with Crippen molar-refractivity contribution in [2.45, 2.75) is 83.3 Å². The second-order valence-corrected chi connectivity index (χ2v) is 8.86. The van der Waals surface area contributed by atoms with E-state index in [0.29, 0.717) is 5.92 Å². The average Bonchev–Trinajstić information content (AvgIpc) is 2.75. The molecule has 0 saturated heterocycles. The zero-order valence-electron chi connectivity index (χ0n) is 18.8. The third kappa shape index (κ3) is 7.79. The first kappa shape index (κ1) is 23.5. The summed E-state index contributed by atoms with van der Waals surface area (Å²) in [5.41, 5.74) is 8.14. The van der Waals surface area contributed by atoms with Crippen LogP contribution >= 0.6 is 0 Å². The Morgan fingerprint density at radius 2 is 1.61 bits per heavy atom. The van der Waals surface area contributed by atoms with Crippen LogP contribution in [0.15, 0.2) is 64.9 Å². The first-order chi connectivity index (χ1) is 15.1. The van der Waals surface area contributed by atoms with Crippen molar-refractivity contribution in [3.8, 4) is 0 Å². The Labute approximate surface area is 187 Å². The SMILES string of the molecule is CC1=NNC(/C=C/c2ccccc2)=C2CCCC(O)CCC12.OC1CC/C=C/CCC1. The maximum Gasteiger partial charge on any atom is 0.0560 e. The molecule has 1 aromatic carbocycles. The van der Waals surface area contributed by atoms with Gasteiger partial charge in [0, 0.05) is 11.6 Å². The van der Waals surface area contributed by atoms with Gasteiger partial charge < -0.3 is 10.2 Å². The lowest BCUT2D eigenvalue weighted by atomic mass is 9.81. The van der Waals surface area contributed by atoms with E-state index in [0.717, 1.165) is 75.6 Å². The third-order valence-corrected chi connectivity index (χ3v) is 6.38. The van der Waals surface area contributed by atoms with E-state index in [1.54, 1.807) is 0 Å². The Balaban J connectivity index is 0.000000254. The average molecular weight is 423 g/mol. The van der Waals surface area contributed by atoms with Gasteiger partial charge in [0.25, 0.3) is 0 Å². The molecule has 1 fully saturated rings. The number of hydrazone groups is 1. The zero-order valence-corrected chi connectivity index (χ0v) is 18.8. The largest absolute Gasteiger partial charge is 0.393 e. The molecule has 3 unspecified atom stereocenters. The molecule has 0 bridgehead atoms. The minimum absolute atomic E-state index is 0.0325. The number of rotatable bonds is 2. The lowest BCUT2D eigenvalue weighted by Gasteiger charge is -2.30. The van der Waals surface area contributed by atoms with Crippen molar-refractivity contribution in [1.29, 1.82) is 0 Å². The van der Waals surface area contributed by atoms with Gasteiger partial charge in [-0.15, -0.1) is 0 Å². The van der Waals surface area contributed by atoms with E-state index < -0.39 is 0 Å². The summed E-state index contributed by atoms with van der Waals surface area (Å²) in [6, 6.07) is 10.3. The van der Waals surface area contributed by atoms with E-state index >= 15 is 0 Å². The number of fused-ring (bicyclic) bond motifs is 1. The zero-order chi connectivity index (χ0) is 21.9. The Bertz CT molecular complexity index is 795. The van der Waals surface area contributed by atoms with Crippen LogP contribution in [0.1, 0.15) is 76.7 Å². The van der Waals surface area contributed by atoms with Crippen LogP contribution < -0.4 is 5.43 Å². The van der Waals surface area contributed by atoms with Crippen molar-refractivity contribution in [2.24, 2.45) is 11.0 Å². The summed E-state index contributed by atoms with van der Waals surface area (Å²) in [6.45, 7) is 2.09. The summed E-state index contributed by atoms with van der Waals surface area (Å²) in [5, 5.41) is 23.6. The molecule has 1 heterocycles. The molecule has 3 aliphatic rings. The summed E-state index contributed by atoms with van der Waals surface area (Å²) >= 11 is 0. The molecule has 168 valence electrons. The molecular weight excluding hydrogens is 384 g/mol. The van der Waals surface area contributed by atoms with Crippen molar-refractivity contribution >= 4 is 11.8 Å². The van der Waals surface area contributed by atoms with Gasteiger partial charge in [-0.05, 0) is 88.3 Å². The molecule has 1 aliphatic heterocycles. The summed E-state index contributed by atoms with van der Waals surface area (Å²) in [6.07, 6.45) is 18.6. The van der Waals surface area contributed by atoms with E-state index in [-0.39, 0.29) is 12.2 Å². The monoisotopic (exact) mass is 422 g/mol. The summed E-state index contributed by atoms with van der Waals surface area (Å²) < 4.78 is 0. The van der Waals surface area contributed by atoms with Crippen LogP contribution in [0.25, 0.3) is 6.08 Å². The molecule has 0 spiro atoms. The van der Waals surface area contributed by atoms with Crippen LogP contribution in [-0.4, -0.2) is 28.1 Å². The smallest absolute Gasteiger partial charge is 0.0560 e. The highest BCUT2D eigenvalue weighted by Crippen LogP contribution is 2.33. The summed E-state index contributed by atoms with van der Waals surface area (Å²) in [4.78, 5) is 0. The van der Waals surface area contributed by atoms with Crippen LogP contribution in [0, 0.1) is 5.92 Å². The van der Waals surface area contributed by atoms with Crippen LogP contribution in [0.3, 0.4) is 0 Å². The lowest BCUT2D eigenvalue weighted by molar-refractivity contribution is 0.142. The molecule has 4 nitrogen and oxygen atoms in total. The van der Waals surface area contributed by atoms with Gasteiger partial charge >= 0.3 is 0 Å². The maximum absolute atomic E-state index is 9.92. The van der Waals surface area contributed by atoms with Crippen molar-refractivity contribution in [3.05, 3.63) is 65.4 Å². The molecule has 4 rings (SSSR count). The minimum atomic E-state index is -0.146. The molecular formula is C27H38N2O2. The van der Waals surface area contributed by atoms with Gasteiger partial charge in [-0.3, -0.25) is 5.43 Å². The quantitative estimate of drug-likeness (QED) is 0.532. The number of allylic oxidation sites excluding steroid dienone is 4. The number of aliphatic hydroxyl groups excluding tert-OH is 2. The topological polar surface area (TPSA) is 64.9 Å². The lowest BCUT2D eigenvalue weighted by Crippen LogP contribution is -2.28. The highest BCUT2D eigenvalue weighted by molar-refractivity contribution is 5.88. The number of aliphatic hydroxyl groups is 2. The molecule has 3 N–H and O–H groups in total. The van der Waals surface area contributed by atoms with Gasteiger partial charge in [0.2, 0.25) is 0 Å². The fourth-order valence-corrected chi connectivity index (χ4v) is 4.49. The van der Waals surface area contributed by atoms with E-state index in [4.69, 9.17) is 0 Å². The third-order valence-electron chi connectivity index (χ3n) is 6.38. The second-order valence-electron chi connectivity index (χ2n) is 8.86. The van der Waals surface area contributed by atoms with Crippen molar-refractivity contribution < 1.29 is 10.2 Å². The highest BCUT2D eigenvalue weighted by Gasteiger charge is 2.26. The number of nitrogens with zero attached hydrogens (tertiary/aromatic N) is 1. The Hall–Kier alpha value is -2.17. The number of hydrogen-bond donors (Lipinski definition) is 3. The Kier molecular flexibility index (Phi) is 9.57. The minimum Gasteiger partial charge on any atom is -0.393 e. The van der Waals surface area contributed by atoms with Crippen molar-refractivity contribution in [3.63, 3.8) is 0 Å². The van der Waals surface area contributed by atoms with E-state index in [1.165, 1.54) is 11.1 Å². The fourth-order valence-electron chi connectivity index (χ4n) is 4.49. The van der Waals surface area contributed by atoms with Gasteiger partial charge in [0.05, 0.1) is 17.9 Å². The Morgan fingerprint density at radius 1 is 0.871 bits per heavy atom. The van der Waals surface area contributed by atoms with Gasteiger partial charge in [0.15, 0.2) is 0 Å². The van der Waals surface area contributed by atoms with E-state index in [1.807, 2.05) is 18.2 Å². The van der Waals surface area contributed by atoms with Crippen LogP contribution in [-0.2, 0) is 0 Å². The second kappa shape index (κ2) is 12.6. The first-order valence-electron chi connectivity index (χ1n) is 11.9. The standard InChI is InChI=1S/C19H24N2O.C8H14O/c1-14-17-12-11-16(22)8-5-9-18(17)19(21-20-14)13-10-15-6-3-2-4-7-15;9-8-6-4-2-1-3-5-7-8/h2-4,6-7,10,13,16-17,21-22H,5,8-9,11-12H2,1H3;1-2,8-9H,3-7H2/b13-10+;2-1+. The molecule has 0 amide bonds. The van der Waals surface area contributed by atoms with Gasteiger partial charge in [-0.25, -0.2) is 0 Å². The maximum atomic E-state index is 9.92. The van der Waals surface area contributed by atoms with E-state index in [9.17, 15) is 10.2 Å². The molecule has 1 aromatic rings. The first-order valence-corrected chi connectivity index (χ1v) is 11.9. The van der Waals surface area contributed by atoms with Gasteiger partial charge in [-0.1, -0.05) is 48.6 Å². The highest BCUT2D eigenvalue weighted by atomic mass is 16.3. The Morgan fingerprint density at radius 3 is 2.45 bits per heavy atom. The predicted molar refractivity (Wildman–Crippen MR) is 130 cm³/mol. The number of benzene rings is 1. The normalized spacial score (nSPS) is 28.0. The van der Waals surface area contributed by atoms with Crippen molar-refractivity contribution in [1.82, 2.24) is 5.43 Å². The molecule has 3 atom stereocenters. The fraction of sp³-hybridized carbons (Fsp3) is 0.519. The number of nitrogens with one attached hydrogen (secondary N) is 1. The summed E-state index contributed by atoms with van der Waals surface area (Å²) in [7, 11) is 0. The van der Waals surface area contributed by atoms with Gasteiger partial charge in [0.1, 0.15) is 0 Å².